The molecule has 1 aliphatic heterocycles. The van der Waals surface area contributed by atoms with Gasteiger partial charge in [-0.1, -0.05) is 17.7 Å². The molecule has 1 spiro atoms. The summed E-state index contributed by atoms with van der Waals surface area (Å²) in [7, 11) is -2.88. The highest BCUT2D eigenvalue weighted by Gasteiger charge is 2.59. The van der Waals surface area contributed by atoms with Crippen LogP contribution in [0.3, 0.4) is 0 Å². The van der Waals surface area contributed by atoms with Crippen LogP contribution in [0.1, 0.15) is 24.8 Å². The number of hydrogen-bond acceptors (Lipinski definition) is 3. The summed E-state index contributed by atoms with van der Waals surface area (Å²) in [6.45, 7) is 1.92. The zero-order valence-corrected chi connectivity index (χ0v) is 13.4. The van der Waals surface area contributed by atoms with Crippen molar-refractivity contribution in [2.45, 2.75) is 26.2 Å². The third-order valence-corrected chi connectivity index (χ3v) is 6.67. The largest absolute Gasteiger partial charge is 0.326 e. The Kier molecular flexibility index (Phi) is 3.53. The van der Waals surface area contributed by atoms with Crippen molar-refractivity contribution in [3.63, 3.8) is 0 Å². The van der Waals surface area contributed by atoms with E-state index in [1.165, 1.54) is 0 Å². The number of carbonyl (C=O) groups excluding carboxylic acids is 1. The van der Waals surface area contributed by atoms with Gasteiger partial charge in [-0.3, -0.25) is 4.79 Å². The predicted octanol–water partition coefficient (Wildman–Crippen LogP) is 2.80. The Morgan fingerprint density at radius 3 is 2.67 bits per heavy atom. The molecule has 0 aromatic heterocycles. The van der Waals surface area contributed by atoms with Gasteiger partial charge in [0.1, 0.15) is 9.84 Å². The van der Waals surface area contributed by atoms with Gasteiger partial charge in [-0.05, 0) is 49.3 Å². The standard InChI is InChI=1S/C15H18ClNO3S/c1-10-2-3-11(16)8-13(10)17-14(18)12-9-15(12)4-6-21(19,20)7-5-15/h2-3,8,12H,4-7,9H2,1H3,(H,17,18)/t12-/m1/s1. The van der Waals surface area contributed by atoms with E-state index in [2.05, 4.69) is 5.32 Å². The highest BCUT2D eigenvalue weighted by Crippen LogP contribution is 2.60. The fourth-order valence-corrected chi connectivity index (χ4v) is 4.98. The van der Waals surface area contributed by atoms with Crippen LogP contribution < -0.4 is 5.32 Å². The van der Waals surface area contributed by atoms with Crippen molar-refractivity contribution in [2.24, 2.45) is 11.3 Å². The molecule has 21 heavy (non-hydrogen) atoms. The van der Waals surface area contributed by atoms with Gasteiger partial charge in [0, 0.05) is 16.6 Å². The smallest absolute Gasteiger partial charge is 0.228 e. The summed E-state index contributed by atoms with van der Waals surface area (Å²) >= 11 is 5.95. The van der Waals surface area contributed by atoms with Crippen molar-refractivity contribution >= 4 is 33.0 Å². The van der Waals surface area contributed by atoms with E-state index in [0.29, 0.717) is 17.9 Å². The number of nitrogens with one attached hydrogen (secondary N) is 1. The van der Waals surface area contributed by atoms with E-state index in [4.69, 9.17) is 11.6 Å². The Bertz CT molecular complexity index is 685. The number of sulfone groups is 1. The maximum atomic E-state index is 12.4. The highest BCUT2D eigenvalue weighted by atomic mass is 35.5. The molecule has 0 bridgehead atoms. The van der Waals surface area contributed by atoms with Crippen LogP contribution in [0.4, 0.5) is 5.69 Å². The van der Waals surface area contributed by atoms with E-state index in [9.17, 15) is 13.2 Å². The first-order chi connectivity index (χ1) is 9.81. The lowest BCUT2D eigenvalue weighted by Gasteiger charge is -2.22. The maximum absolute atomic E-state index is 12.4. The summed E-state index contributed by atoms with van der Waals surface area (Å²) in [6, 6.07) is 5.40. The quantitative estimate of drug-likeness (QED) is 0.908. The zero-order chi connectivity index (χ0) is 15.3. The normalized spacial score (nSPS) is 25.5. The first-order valence-electron chi connectivity index (χ1n) is 7.09. The summed E-state index contributed by atoms with van der Waals surface area (Å²) in [5.74, 6) is 0.353. The average molecular weight is 328 g/mol. The number of carbonyl (C=O) groups is 1. The Hall–Kier alpha value is -1.07. The van der Waals surface area contributed by atoms with E-state index in [-0.39, 0.29) is 28.7 Å². The van der Waals surface area contributed by atoms with Crippen LogP contribution in [0.2, 0.25) is 5.02 Å². The maximum Gasteiger partial charge on any atom is 0.228 e. The van der Waals surface area contributed by atoms with E-state index < -0.39 is 9.84 Å². The molecular weight excluding hydrogens is 310 g/mol. The molecule has 0 radical (unpaired) electrons. The molecule has 0 unspecified atom stereocenters. The molecule has 1 atom stereocenters. The van der Waals surface area contributed by atoms with Gasteiger partial charge in [0.25, 0.3) is 0 Å². The van der Waals surface area contributed by atoms with Gasteiger partial charge >= 0.3 is 0 Å². The number of amides is 1. The summed E-state index contributed by atoms with van der Waals surface area (Å²) in [6.07, 6.45) is 2.03. The molecule has 1 aliphatic carbocycles. The molecule has 1 saturated heterocycles. The van der Waals surface area contributed by atoms with E-state index in [1.54, 1.807) is 12.1 Å². The lowest BCUT2D eigenvalue weighted by molar-refractivity contribution is -0.118. The SMILES string of the molecule is Cc1ccc(Cl)cc1NC(=O)[C@H]1CC12CCS(=O)(=O)CC2. The van der Waals surface area contributed by atoms with Gasteiger partial charge < -0.3 is 5.32 Å². The molecule has 3 rings (SSSR count). The van der Waals surface area contributed by atoms with Crippen LogP contribution in [0.5, 0.6) is 0 Å². The first kappa shape index (κ1) is 14.9. The molecule has 1 heterocycles. The van der Waals surface area contributed by atoms with Crippen LogP contribution in [0.15, 0.2) is 18.2 Å². The van der Waals surface area contributed by atoms with Gasteiger partial charge in [0.05, 0.1) is 11.5 Å². The van der Waals surface area contributed by atoms with Crippen molar-refractivity contribution in [2.75, 3.05) is 16.8 Å². The molecule has 6 heteroatoms. The Labute approximate surface area is 129 Å². The number of halogens is 1. The van der Waals surface area contributed by atoms with Crippen LogP contribution in [0, 0.1) is 18.3 Å². The lowest BCUT2D eigenvalue weighted by atomic mass is 9.96. The second-order valence-electron chi connectivity index (χ2n) is 6.22. The fourth-order valence-electron chi connectivity index (χ4n) is 3.16. The van der Waals surface area contributed by atoms with E-state index in [1.807, 2.05) is 13.0 Å². The minimum Gasteiger partial charge on any atom is -0.326 e. The minimum atomic E-state index is -2.88. The molecule has 2 fully saturated rings. The monoisotopic (exact) mass is 327 g/mol. The number of anilines is 1. The van der Waals surface area contributed by atoms with Crippen molar-refractivity contribution in [1.29, 1.82) is 0 Å². The van der Waals surface area contributed by atoms with Crippen LogP contribution >= 0.6 is 11.6 Å². The van der Waals surface area contributed by atoms with E-state index in [0.717, 1.165) is 17.7 Å². The van der Waals surface area contributed by atoms with Gasteiger partial charge in [0.15, 0.2) is 0 Å². The molecule has 2 aliphatic rings. The second kappa shape index (κ2) is 4.99. The van der Waals surface area contributed by atoms with Crippen LogP contribution in [-0.2, 0) is 14.6 Å². The topological polar surface area (TPSA) is 63.2 Å². The van der Waals surface area contributed by atoms with Gasteiger partial charge in [-0.25, -0.2) is 8.42 Å². The number of aryl methyl sites for hydroxylation is 1. The lowest BCUT2D eigenvalue weighted by Crippen LogP contribution is -2.28. The summed E-state index contributed by atoms with van der Waals surface area (Å²) in [5.41, 5.74) is 1.62. The molecule has 1 aromatic rings. The molecule has 1 amide bonds. The molecule has 1 saturated carbocycles. The van der Waals surface area contributed by atoms with Crippen molar-refractivity contribution in [1.82, 2.24) is 0 Å². The Morgan fingerprint density at radius 1 is 1.33 bits per heavy atom. The number of hydrogen-bond donors (Lipinski definition) is 1. The zero-order valence-electron chi connectivity index (χ0n) is 11.9. The van der Waals surface area contributed by atoms with Gasteiger partial charge in [-0.15, -0.1) is 0 Å². The van der Waals surface area contributed by atoms with Crippen LogP contribution in [-0.4, -0.2) is 25.8 Å². The predicted molar refractivity (Wildman–Crippen MR) is 83.2 cm³/mol. The molecule has 1 aromatic carbocycles. The molecule has 114 valence electrons. The Balaban J connectivity index is 1.67. The van der Waals surface area contributed by atoms with Crippen molar-refractivity contribution in [3.05, 3.63) is 28.8 Å². The van der Waals surface area contributed by atoms with Crippen LogP contribution in [0.25, 0.3) is 0 Å². The Morgan fingerprint density at radius 2 is 2.00 bits per heavy atom. The third-order valence-electron chi connectivity index (χ3n) is 4.79. The average Bonchev–Trinajstić information content (AvgIpc) is 3.13. The first-order valence-corrected chi connectivity index (χ1v) is 9.29. The number of rotatable bonds is 2. The molecule has 1 N–H and O–H groups in total. The fraction of sp³-hybridized carbons (Fsp3) is 0.533. The summed E-state index contributed by atoms with van der Waals surface area (Å²) in [4.78, 5) is 12.4. The minimum absolute atomic E-state index is 0.0142. The van der Waals surface area contributed by atoms with Crippen molar-refractivity contribution < 1.29 is 13.2 Å². The molecular formula is C15H18ClNO3S. The third kappa shape index (κ3) is 2.94. The highest BCUT2D eigenvalue weighted by molar-refractivity contribution is 7.91. The number of benzene rings is 1. The van der Waals surface area contributed by atoms with E-state index >= 15 is 0 Å². The summed E-state index contributed by atoms with van der Waals surface area (Å²) in [5, 5.41) is 3.52. The summed E-state index contributed by atoms with van der Waals surface area (Å²) < 4.78 is 23.0. The molecule has 4 nitrogen and oxygen atoms in total. The second-order valence-corrected chi connectivity index (χ2v) is 8.96. The van der Waals surface area contributed by atoms with Gasteiger partial charge in [-0.2, -0.15) is 0 Å². The van der Waals surface area contributed by atoms with Gasteiger partial charge in [0.2, 0.25) is 5.91 Å². The van der Waals surface area contributed by atoms with Crippen molar-refractivity contribution in [3.8, 4) is 0 Å².